The highest BCUT2D eigenvalue weighted by Crippen LogP contribution is 2.06. The first-order valence-corrected chi connectivity index (χ1v) is 8.28. The summed E-state index contributed by atoms with van der Waals surface area (Å²) < 4.78 is 5.25. The van der Waals surface area contributed by atoms with E-state index in [-0.39, 0.29) is 11.8 Å². The maximum absolute atomic E-state index is 12.2. The number of rotatable bonds is 5. The van der Waals surface area contributed by atoms with Crippen LogP contribution in [0.25, 0.3) is 0 Å². The molecule has 2 aromatic rings. The van der Waals surface area contributed by atoms with Gasteiger partial charge in [-0.05, 0) is 29.8 Å². The Balaban J connectivity index is 1.53. The molecule has 1 aliphatic heterocycles. The summed E-state index contributed by atoms with van der Waals surface area (Å²) in [5.74, 6) is -0.345. The van der Waals surface area contributed by atoms with E-state index in [0.29, 0.717) is 44.0 Å². The summed E-state index contributed by atoms with van der Waals surface area (Å²) in [5.41, 5.74) is 4.93. The number of hydrogen-bond acceptors (Lipinski definition) is 4. The van der Waals surface area contributed by atoms with Crippen molar-refractivity contribution in [2.24, 2.45) is 0 Å². The van der Waals surface area contributed by atoms with E-state index < -0.39 is 0 Å². The Kier molecular flexibility index (Phi) is 5.77. The average molecular weight is 339 g/mol. The summed E-state index contributed by atoms with van der Waals surface area (Å²) in [6.07, 6.45) is 0. The number of nitrogens with zero attached hydrogens (tertiary/aromatic N) is 1. The lowest BCUT2D eigenvalue weighted by Crippen LogP contribution is -2.48. The molecule has 1 fully saturated rings. The zero-order valence-electron chi connectivity index (χ0n) is 13.9. The Hall–Kier alpha value is -2.70. The van der Waals surface area contributed by atoms with E-state index in [0.717, 1.165) is 5.56 Å². The molecule has 0 saturated carbocycles. The molecule has 0 atom stereocenters. The summed E-state index contributed by atoms with van der Waals surface area (Å²) >= 11 is 0. The minimum atomic E-state index is -0.182. The van der Waals surface area contributed by atoms with Gasteiger partial charge in [-0.1, -0.05) is 30.3 Å². The Morgan fingerprint density at radius 1 is 0.880 bits per heavy atom. The van der Waals surface area contributed by atoms with Gasteiger partial charge in [-0.3, -0.25) is 15.0 Å². The number of carbonyl (C=O) groups excluding carboxylic acids is 2. The fourth-order valence-electron chi connectivity index (χ4n) is 2.54. The maximum atomic E-state index is 12.2. The van der Waals surface area contributed by atoms with Gasteiger partial charge in [0.2, 0.25) is 0 Å². The molecule has 2 N–H and O–H groups in total. The van der Waals surface area contributed by atoms with Gasteiger partial charge in [0.25, 0.3) is 11.8 Å². The van der Waals surface area contributed by atoms with Crippen molar-refractivity contribution in [1.82, 2.24) is 15.8 Å². The van der Waals surface area contributed by atoms with Crippen molar-refractivity contribution in [2.75, 3.05) is 26.3 Å². The molecule has 1 saturated heterocycles. The second-order valence-corrected chi connectivity index (χ2v) is 5.79. The molecule has 0 unspecified atom stereocenters. The van der Waals surface area contributed by atoms with Crippen molar-refractivity contribution in [1.29, 1.82) is 0 Å². The Labute approximate surface area is 146 Å². The SMILES string of the molecule is O=C(NCc1ccccc1)c1ccc(C(=O)NN2CCOCC2)cc1. The first-order chi connectivity index (χ1) is 12.2. The summed E-state index contributed by atoms with van der Waals surface area (Å²) in [6.45, 7) is 3.04. The summed E-state index contributed by atoms with van der Waals surface area (Å²) in [6, 6.07) is 16.4. The van der Waals surface area contributed by atoms with E-state index in [1.807, 2.05) is 35.3 Å². The lowest BCUT2D eigenvalue weighted by Gasteiger charge is -2.26. The third-order valence-electron chi connectivity index (χ3n) is 3.98. The molecular formula is C19H21N3O3. The van der Waals surface area contributed by atoms with Gasteiger partial charge in [-0.2, -0.15) is 0 Å². The molecule has 3 rings (SSSR count). The highest BCUT2D eigenvalue weighted by atomic mass is 16.5. The fraction of sp³-hybridized carbons (Fsp3) is 0.263. The largest absolute Gasteiger partial charge is 0.379 e. The van der Waals surface area contributed by atoms with Crippen molar-refractivity contribution in [3.05, 3.63) is 71.3 Å². The van der Waals surface area contributed by atoms with Gasteiger partial charge in [0.05, 0.1) is 13.2 Å². The standard InChI is InChI=1S/C19H21N3O3/c23-18(20-14-15-4-2-1-3-5-15)16-6-8-17(9-7-16)19(24)21-22-10-12-25-13-11-22/h1-9H,10-14H2,(H,20,23)(H,21,24). The number of hydrazine groups is 1. The topological polar surface area (TPSA) is 70.7 Å². The smallest absolute Gasteiger partial charge is 0.265 e. The fourth-order valence-corrected chi connectivity index (χ4v) is 2.54. The van der Waals surface area contributed by atoms with E-state index in [1.165, 1.54) is 0 Å². The number of ether oxygens (including phenoxy) is 1. The number of carbonyl (C=O) groups is 2. The Morgan fingerprint density at radius 2 is 1.48 bits per heavy atom. The number of hydrogen-bond donors (Lipinski definition) is 2. The van der Waals surface area contributed by atoms with E-state index in [2.05, 4.69) is 10.7 Å². The molecule has 6 heteroatoms. The van der Waals surface area contributed by atoms with Gasteiger partial charge in [0, 0.05) is 30.8 Å². The van der Waals surface area contributed by atoms with Crippen LogP contribution >= 0.6 is 0 Å². The van der Waals surface area contributed by atoms with Crippen LogP contribution in [-0.2, 0) is 11.3 Å². The highest BCUT2D eigenvalue weighted by Gasteiger charge is 2.14. The van der Waals surface area contributed by atoms with Crippen molar-refractivity contribution >= 4 is 11.8 Å². The second-order valence-electron chi connectivity index (χ2n) is 5.79. The number of benzene rings is 2. The van der Waals surface area contributed by atoms with Gasteiger partial charge >= 0.3 is 0 Å². The Morgan fingerprint density at radius 3 is 2.12 bits per heavy atom. The van der Waals surface area contributed by atoms with Gasteiger partial charge in [-0.25, -0.2) is 5.01 Å². The van der Waals surface area contributed by atoms with Crippen LogP contribution < -0.4 is 10.7 Å². The highest BCUT2D eigenvalue weighted by molar-refractivity contribution is 5.97. The predicted octanol–water partition coefficient (Wildman–Crippen LogP) is 1.59. The molecule has 1 heterocycles. The molecule has 130 valence electrons. The van der Waals surface area contributed by atoms with Crippen molar-refractivity contribution in [3.63, 3.8) is 0 Å². The monoisotopic (exact) mass is 339 g/mol. The molecule has 0 spiro atoms. The minimum absolute atomic E-state index is 0.163. The zero-order valence-corrected chi connectivity index (χ0v) is 13.9. The first-order valence-electron chi connectivity index (χ1n) is 8.28. The molecule has 1 aliphatic rings. The minimum Gasteiger partial charge on any atom is -0.379 e. The van der Waals surface area contributed by atoms with Crippen LogP contribution in [0.2, 0.25) is 0 Å². The van der Waals surface area contributed by atoms with Crippen LogP contribution in [0.3, 0.4) is 0 Å². The van der Waals surface area contributed by atoms with Crippen LogP contribution in [0.15, 0.2) is 54.6 Å². The van der Waals surface area contributed by atoms with Gasteiger partial charge < -0.3 is 10.1 Å². The first kappa shape index (κ1) is 17.1. The lowest BCUT2D eigenvalue weighted by atomic mass is 10.1. The number of nitrogens with one attached hydrogen (secondary N) is 2. The van der Waals surface area contributed by atoms with Gasteiger partial charge in [0.15, 0.2) is 0 Å². The van der Waals surface area contributed by atoms with Crippen LogP contribution in [0, 0.1) is 0 Å². The van der Waals surface area contributed by atoms with E-state index in [4.69, 9.17) is 4.74 Å². The summed E-state index contributed by atoms with van der Waals surface area (Å²) in [7, 11) is 0. The van der Waals surface area contributed by atoms with Crippen LogP contribution in [-0.4, -0.2) is 43.1 Å². The summed E-state index contributed by atoms with van der Waals surface area (Å²) in [5, 5.41) is 4.71. The van der Waals surface area contributed by atoms with Gasteiger partial charge in [-0.15, -0.1) is 0 Å². The summed E-state index contributed by atoms with van der Waals surface area (Å²) in [4.78, 5) is 24.4. The van der Waals surface area contributed by atoms with Crippen molar-refractivity contribution in [2.45, 2.75) is 6.54 Å². The van der Waals surface area contributed by atoms with E-state index >= 15 is 0 Å². The van der Waals surface area contributed by atoms with Crippen LogP contribution in [0.5, 0.6) is 0 Å². The number of amides is 2. The molecular weight excluding hydrogens is 318 g/mol. The third kappa shape index (κ3) is 4.89. The third-order valence-corrected chi connectivity index (χ3v) is 3.98. The molecule has 2 amide bonds. The molecule has 0 aromatic heterocycles. The molecule has 6 nitrogen and oxygen atoms in total. The maximum Gasteiger partial charge on any atom is 0.265 e. The quantitative estimate of drug-likeness (QED) is 0.868. The second kappa shape index (κ2) is 8.41. The number of morpholine rings is 1. The molecule has 25 heavy (non-hydrogen) atoms. The predicted molar refractivity (Wildman–Crippen MR) is 93.9 cm³/mol. The average Bonchev–Trinajstić information content (AvgIpc) is 2.68. The zero-order chi connectivity index (χ0) is 17.5. The lowest BCUT2D eigenvalue weighted by molar-refractivity contribution is 0.0126. The molecule has 2 aromatic carbocycles. The molecule has 0 bridgehead atoms. The molecule has 0 aliphatic carbocycles. The van der Waals surface area contributed by atoms with Gasteiger partial charge in [0.1, 0.15) is 0 Å². The van der Waals surface area contributed by atoms with E-state index in [1.54, 1.807) is 24.3 Å². The molecule has 0 radical (unpaired) electrons. The van der Waals surface area contributed by atoms with Crippen LogP contribution in [0.1, 0.15) is 26.3 Å². The Bertz CT molecular complexity index is 710. The van der Waals surface area contributed by atoms with Crippen LogP contribution in [0.4, 0.5) is 0 Å². The normalized spacial score (nSPS) is 14.7. The van der Waals surface area contributed by atoms with Crippen molar-refractivity contribution < 1.29 is 14.3 Å². The van der Waals surface area contributed by atoms with Crippen molar-refractivity contribution in [3.8, 4) is 0 Å². The van der Waals surface area contributed by atoms with E-state index in [9.17, 15) is 9.59 Å².